The van der Waals surface area contributed by atoms with Crippen LogP contribution < -0.4 is 4.74 Å². The number of esters is 1. The molecule has 0 amide bonds. The van der Waals surface area contributed by atoms with Crippen molar-refractivity contribution in [1.29, 1.82) is 0 Å². The summed E-state index contributed by atoms with van der Waals surface area (Å²) in [7, 11) is -3.57. The van der Waals surface area contributed by atoms with Gasteiger partial charge in [0, 0.05) is 32.4 Å². The van der Waals surface area contributed by atoms with Gasteiger partial charge >= 0.3 is 5.97 Å². The van der Waals surface area contributed by atoms with E-state index in [0.29, 0.717) is 36.7 Å². The normalized spacial score (nSPS) is 16.3. The van der Waals surface area contributed by atoms with Gasteiger partial charge in [0.2, 0.25) is 10.0 Å². The van der Waals surface area contributed by atoms with E-state index in [1.807, 2.05) is 32.0 Å². The summed E-state index contributed by atoms with van der Waals surface area (Å²) < 4.78 is 40.7. The lowest BCUT2D eigenvalue weighted by molar-refractivity contribution is -0.131. The standard InChI is InChI=1S/C25H31N3O5S2/c1-4-27(5-2)35(30,31)22-12-13-24-23(15-22)26-25(28(24)16-21-7-6-14-32-21)34-17-19-8-10-20(11-9-19)33-18(3)29/h8-13,15,21H,4-7,14,16-17H2,1-3H3. The number of imidazole rings is 1. The Morgan fingerprint density at radius 1 is 1.20 bits per heavy atom. The van der Waals surface area contributed by atoms with Crippen LogP contribution in [0.2, 0.25) is 0 Å². The molecular formula is C25H31N3O5S2. The van der Waals surface area contributed by atoms with Crippen LogP contribution in [0.1, 0.15) is 39.2 Å². The molecule has 2 aromatic carbocycles. The molecule has 1 saturated heterocycles. The average molecular weight is 518 g/mol. The highest BCUT2D eigenvalue weighted by Gasteiger charge is 2.24. The number of benzene rings is 2. The van der Waals surface area contributed by atoms with Crippen molar-refractivity contribution in [2.24, 2.45) is 0 Å². The molecule has 188 valence electrons. The second-order valence-corrected chi connectivity index (χ2v) is 11.3. The summed E-state index contributed by atoms with van der Waals surface area (Å²) >= 11 is 1.59. The Morgan fingerprint density at radius 3 is 2.57 bits per heavy atom. The summed E-state index contributed by atoms with van der Waals surface area (Å²) in [6.45, 7) is 7.32. The minimum absolute atomic E-state index is 0.119. The van der Waals surface area contributed by atoms with Gasteiger partial charge in [0.15, 0.2) is 5.16 Å². The third-order valence-electron chi connectivity index (χ3n) is 5.99. The van der Waals surface area contributed by atoms with Crippen LogP contribution in [0.5, 0.6) is 5.75 Å². The van der Waals surface area contributed by atoms with Gasteiger partial charge in [-0.3, -0.25) is 4.79 Å². The van der Waals surface area contributed by atoms with E-state index >= 15 is 0 Å². The third-order valence-corrected chi connectivity index (χ3v) is 9.08. The van der Waals surface area contributed by atoms with Gasteiger partial charge in [-0.15, -0.1) is 0 Å². The van der Waals surface area contributed by atoms with Crippen molar-refractivity contribution in [1.82, 2.24) is 13.9 Å². The van der Waals surface area contributed by atoms with Gasteiger partial charge in [-0.1, -0.05) is 37.7 Å². The summed E-state index contributed by atoms with van der Waals surface area (Å²) in [6, 6.07) is 12.6. The van der Waals surface area contributed by atoms with E-state index in [9.17, 15) is 13.2 Å². The highest BCUT2D eigenvalue weighted by molar-refractivity contribution is 7.98. The van der Waals surface area contributed by atoms with Crippen LogP contribution in [0.4, 0.5) is 0 Å². The number of aromatic nitrogens is 2. The zero-order valence-electron chi connectivity index (χ0n) is 20.3. The number of nitrogens with zero attached hydrogens (tertiary/aromatic N) is 3. The van der Waals surface area contributed by atoms with Gasteiger partial charge < -0.3 is 14.0 Å². The number of fused-ring (bicyclic) bond motifs is 1. The smallest absolute Gasteiger partial charge is 0.308 e. The molecule has 1 aromatic heterocycles. The largest absolute Gasteiger partial charge is 0.427 e. The van der Waals surface area contributed by atoms with Crippen molar-refractivity contribution >= 4 is 38.8 Å². The van der Waals surface area contributed by atoms with Crippen molar-refractivity contribution < 1.29 is 22.7 Å². The first-order chi connectivity index (χ1) is 16.8. The summed E-state index contributed by atoms with van der Waals surface area (Å²) in [4.78, 5) is 16.2. The van der Waals surface area contributed by atoms with Gasteiger partial charge in [0.1, 0.15) is 5.75 Å². The lowest BCUT2D eigenvalue weighted by atomic mass is 10.2. The number of hydrogen-bond acceptors (Lipinski definition) is 7. The molecule has 1 atom stereocenters. The van der Waals surface area contributed by atoms with E-state index in [4.69, 9.17) is 14.5 Å². The number of rotatable bonds is 10. The molecule has 2 heterocycles. The van der Waals surface area contributed by atoms with Crippen LogP contribution in [-0.2, 0) is 31.9 Å². The van der Waals surface area contributed by atoms with Crippen molar-refractivity contribution in [3.8, 4) is 5.75 Å². The van der Waals surface area contributed by atoms with E-state index < -0.39 is 10.0 Å². The highest BCUT2D eigenvalue weighted by atomic mass is 32.2. The Hall–Kier alpha value is -2.40. The van der Waals surface area contributed by atoms with Crippen molar-refractivity contribution in [2.45, 2.75) is 62.1 Å². The van der Waals surface area contributed by atoms with Crippen LogP contribution in [0.3, 0.4) is 0 Å². The van der Waals surface area contributed by atoms with Crippen LogP contribution in [0, 0.1) is 0 Å². The number of thioether (sulfide) groups is 1. The maximum absolute atomic E-state index is 13.0. The van der Waals surface area contributed by atoms with Crippen molar-refractivity contribution in [2.75, 3.05) is 19.7 Å². The van der Waals surface area contributed by atoms with E-state index in [-0.39, 0.29) is 17.0 Å². The summed E-state index contributed by atoms with van der Waals surface area (Å²) in [6.07, 6.45) is 2.16. The molecule has 0 spiro atoms. The zero-order chi connectivity index (χ0) is 25.0. The molecule has 35 heavy (non-hydrogen) atoms. The van der Waals surface area contributed by atoms with E-state index in [2.05, 4.69) is 4.57 Å². The monoisotopic (exact) mass is 517 g/mol. The molecule has 8 nitrogen and oxygen atoms in total. The van der Waals surface area contributed by atoms with E-state index in [1.54, 1.807) is 36.0 Å². The number of carbonyl (C=O) groups excluding carboxylic acids is 1. The summed E-state index contributed by atoms with van der Waals surface area (Å²) in [5.74, 6) is 0.830. The molecule has 0 saturated carbocycles. The molecule has 0 bridgehead atoms. The Balaban J connectivity index is 1.63. The number of carbonyl (C=O) groups is 1. The van der Waals surface area contributed by atoms with Crippen molar-refractivity contribution in [3.63, 3.8) is 0 Å². The fourth-order valence-electron chi connectivity index (χ4n) is 4.21. The number of hydrogen-bond donors (Lipinski definition) is 0. The minimum atomic E-state index is -3.57. The molecule has 0 aliphatic carbocycles. The van der Waals surface area contributed by atoms with E-state index in [1.165, 1.54) is 11.2 Å². The minimum Gasteiger partial charge on any atom is -0.427 e. The molecule has 4 rings (SSSR count). The average Bonchev–Trinajstić information content (AvgIpc) is 3.47. The second-order valence-electron chi connectivity index (χ2n) is 8.41. The van der Waals surface area contributed by atoms with Crippen LogP contribution in [0.15, 0.2) is 52.5 Å². The van der Waals surface area contributed by atoms with Gasteiger partial charge in [-0.25, -0.2) is 13.4 Å². The lowest BCUT2D eigenvalue weighted by Gasteiger charge is -2.18. The first kappa shape index (κ1) is 25.7. The molecule has 1 aliphatic rings. The van der Waals surface area contributed by atoms with Crippen LogP contribution >= 0.6 is 11.8 Å². The summed E-state index contributed by atoms with van der Waals surface area (Å²) in [5, 5.41) is 0.817. The molecule has 1 unspecified atom stereocenters. The zero-order valence-corrected chi connectivity index (χ0v) is 21.9. The predicted molar refractivity (Wildman–Crippen MR) is 136 cm³/mol. The van der Waals surface area contributed by atoms with Crippen molar-refractivity contribution in [3.05, 3.63) is 48.0 Å². The fraction of sp³-hybridized carbons (Fsp3) is 0.440. The fourth-order valence-corrected chi connectivity index (χ4v) is 6.67. The molecule has 0 N–H and O–H groups in total. The molecule has 1 aliphatic heterocycles. The van der Waals surface area contributed by atoms with Gasteiger partial charge in [-0.05, 0) is 48.7 Å². The Morgan fingerprint density at radius 2 is 1.94 bits per heavy atom. The quantitative estimate of drug-likeness (QED) is 0.223. The molecule has 10 heteroatoms. The summed E-state index contributed by atoms with van der Waals surface area (Å²) in [5.41, 5.74) is 2.61. The predicted octanol–water partition coefficient (Wildman–Crippen LogP) is 4.46. The lowest BCUT2D eigenvalue weighted by Crippen LogP contribution is -2.30. The Kier molecular flexibility index (Phi) is 8.16. The van der Waals surface area contributed by atoms with E-state index in [0.717, 1.165) is 35.7 Å². The molecule has 3 aromatic rings. The Labute approximate surface area is 210 Å². The van der Waals surface area contributed by atoms with Crippen LogP contribution in [-0.4, -0.2) is 54.0 Å². The van der Waals surface area contributed by atoms with Gasteiger partial charge in [0.25, 0.3) is 0 Å². The first-order valence-corrected chi connectivity index (χ1v) is 14.3. The van der Waals surface area contributed by atoms with Gasteiger partial charge in [-0.2, -0.15) is 4.31 Å². The SMILES string of the molecule is CCN(CC)S(=O)(=O)c1ccc2c(c1)nc(SCc1ccc(OC(C)=O)cc1)n2CC1CCCO1. The van der Waals surface area contributed by atoms with Crippen LogP contribution in [0.25, 0.3) is 11.0 Å². The molecular weight excluding hydrogens is 486 g/mol. The number of sulfonamides is 1. The molecule has 0 radical (unpaired) electrons. The molecule has 1 fully saturated rings. The topological polar surface area (TPSA) is 90.7 Å². The Bertz CT molecular complexity index is 1280. The number of ether oxygens (including phenoxy) is 2. The van der Waals surface area contributed by atoms with Gasteiger partial charge in [0.05, 0.1) is 28.6 Å². The maximum Gasteiger partial charge on any atom is 0.308 e. The second kappa shape index (κ2) is 11.1. The maximum atomic E-state index is 13.0. The first-order valence-electron chi connectivity index (χ1n) is 11.8. The third kappa shape index (κ3) is 5.88. The highest BCUT2D eigenvalue weighted by Crippen LogP contribution is 2.31.